The Hall–Kier alpha value is -2.14. The van der Waals surface area contributed by atoms with Gasteiger partial charge in [-0.2, -0.15) is 0 Å². The molecule has 3 N–H and O–H groups in total. The lowest BCUT2D eigenvalue weighted by Gasteiger charge is -2.40. The predicted molar refractivity (Wildman–Crippen MR) is 159 cm³/mol. The number of carbonyl (C=O) groups is 4. The molecule has 0 aliphatic rings. The van der Waals surface area contributed by atoms with Crippen molar-refractivity contribution in [2.24, 2.45) is 0 Å². The second-order valence-corrected chi connectivity index (χ2v) is 11.8. The van der Waals surface area contributed by atoms with Crippen LogP contribution in [0.5, 0.6) is 0 Å². The lowest BCUT2D eigenvalue weighted by molar-refractivity contribution is -0.137. The van der Waals surface area contributed by atoms with E-state index in [-0.39, 0.29) is 57.2 Å². The van der Waals surface area contributed by atoms with E-state index >= 15 is 0 Å². The van der Waals surface area contributed by atoms with Gasteiger partial charge in [-0.15, -0.1) is 0 Å². The number of hydrogen-bond donors (Lipinski definition) is 3. The highest BCUT2D eigenvalue weighted by Crippen LogP contribution is 2.49. The number of phosphoric ester groups is 1. The smallest absolute Gasteiger partial charge is 0.352 e. The topological polar surface area (TPSA) is 155 Å². The van der Waals surface area contributed by atoms with E-state index in [2.05, 4.69) is 21.7 Å². The first-order valence-electron chi connectivity index (χ1n) is 13.8. The van der Waals surface area contributed by atoms with Crippen molar-refractivity contribution >= 4 is 47.1 Å². The molecule has 0 saturated heterocycles. The maximum Gasteiger partial charge on any atom is 0.472 e. The fourth-order valence-corrected chi connectivity index (χ4v) is 5.22. The first-order valence-corrected chi connectivity index (χ1v) is 15.3. The summed E-state index contributed by atoms with van der Waals surface area (Å²) in [6.45, 7) is 14.0. The van der Waals surface area contributed by atoms with Gasteiger partial charge in [-0.05, 0) is 59.1 Å². The van der Waals surface area contributed by atoms with Gasteiger partial charge in [-0.25, -0.2) is 4.57 Å². The second-order valence-electron chi connectivity index (χ2n) is 10.3. The van der Waals surface area contributed by atoms with Gasteiger partial charge in [0.15, 0.2) is 0 Å². The molecule has 0 aromatic heterocycles. The van der Waals surface area contributed by atoms with Crippen molar-refractivity contribution in [2.45, 2.75) is 97.0 Å². The molecular formula is C26H47B2N4O8P. The van der Waals surface area contributed by atoms with Gasteiger partial charge in [-0.1, -0.05) is 32.9 Å². The molecule has 0 rings (SSSR count). The number of nitrogens with zero attached hydrogens (tertiary/aromatic N) is 2. The standard InChI is InChI=1S/C26H47B2N4O8P/c1-9-25(10-2,40-41(37,38)39-8)12-13-31(23(35)14-27)17-22(34)30-26(11-3,19(4)5)18-32(24(36)15-28)16-21(33)29-20(6)7/h20H,4,9-18H2,1-3,5-8H3,(H,29,33)(H,30,34)(H,37,38). The predicted octanol–water partition coefficient (Wildman–Crippen LogP) is 1.90. The van der Waals surface area contributed by atoms with E-state index in [9.17, 15) is 28.6 Å². The highest BCUT2D eigenvalue weighted by Gasteiger charge is 2.38. The Morgan fingerprint density at radius 3 is 1.90 bits per heavy atom. The van der Waals surface area contributed by atoms with Crippen LogP contribution in [-0.2, 0) is 32.8 Å². The summed E-state index contributed by atoms with van der Waals surface area (Å²) in [6.07, 6.45) is 0.455. The largest absolute Gasteiger partial charge is 0.472 e. The van der Waals surface area contributed by atoms with Crippen LogP contribution in [0.25, 0.3) is 0 Å². The fourth-order valence-electron chi connectivity index (χ4n) is 4.31. The summed E-state index contributed by atoms with van der Waals surface area (Å²) < 4.78 is 22.1. The molecule has 0 heterocycles. The van der Waals surface area contributed by atoms with Gasteiger partial charge in [0.25, 0.3) is 0 Å². The third-order valence-electron chi connectivity index (χ3n) is 7.10. The SMILES string of the molecule is [B]CC(=O)N(CCC(CC)(CC)OP(=O)(O)OC)CC(=O)NC(CC)(CN(CC(=O)NC(C)C)C(=O)C[B])C(=C)C. The van der Waals surface area contributed by atoms with E-state index in [1.807, 2.05) is 0 Å². The van der Waals surface area contributed by atoms with Crippen molar-refractivity contribution in [3.05, 3.63) is 12.2 Å². The van der Waals surface area contributed by atoms with Gasteiger partial charge >= 0.3 is 7.82 Å². The summed E-state index contributed by atoms with van der Waals surface area (Å²) in [5.74, 6) is -1.92. The first-order chi connectivity index (χ1) is 19.0. The van der Waals surface area contributed by atoms with Crippen molar-refractivity contribution in [2.75, 3.05) is 33.3 Å². The number of rotatable bonds is 20. The number of carbonyl (C=O) groups excluding carboxylic acids is 4. The monoisotopic (exact) mass is 596 g/mol. The Bertz CT molecular complexity index is 964. The molecule has 4 radical (unpaired) electrons. The van der Waals surface area contributed by atoms with Crippen LogP contribution in [0.4, 0.5) is 0 Å². The Kier molecular flexibility index (Phi) is 16.8. The minimum atomic E-state index is -4.32. The highest BCUT2D eigenvalue weighted by atomic mass is 31.2. The van der Waals surface area contributed by atoms with Gasteiger partial charge in [0.05, 0.1) is 39.9 Å². The summed E-state index contributed by atoms with van der Waals surface area (Å²) in [6, 6.07) is -0.136. The third kappa shape index (κ3) is 12.7. The summed E-state index contributed by atoms with van der Waals surface area (Å²) in [5.41, 5.74) is -1.68. The van der Waals surface area contributed by atoms with E-state index in [0.29, 0.717) is 24.8 Å². The lowest BCUT2D eigenvalue weighted by atomic mass is 9.87. The molecule has 2 unspecified atom stereocenters. The molecule has 0 spiro atoms. The molecule has 2 atom stereocenters. The molecule has 41 heavy (non-hydrogen) atoms. The Morgan fingerprint density at radius 2 is 1.49 bits per heavy atom. The Morgan fingerprint density at radius 1 is 0.976 bits per heavy atom. The summed E-state index contributed by atoms with van der Waals surface area (Å²) in [4.78, 5) is 63.6. The molecular weight excluding hydrogens is 549 g/mol. The molecule has 0 aromatic carbocycles. The van der Waals surface area contributed by atoms with E-state index in [0.717, 1.165) is 7.11 Å². The van der Waals surface area contributed by atoms with Crippen molar-refractivity contribution in [3.63, 3.8) is 0 Å². The van der Waals surface area contributed by atoms with Crippen LogP contribution >= 0.6 is 7.82 Å². The molecule has 12 nitrogen and oxygen atoms in total. The van der Waals surface area contributed by atoms with E-state index in [1.165, 1.54) is 9.80 Å². The van der Waals surface area contributed by atoms with Gasteiger partial charge in [0, 0.05) is 26.2 Å². The lowest BCUT2D eigenvalue weighted by Crippen LogP contribution is -2.59. The zero-order chi connectivity index (χ0) is 32.0. The molecule has 4 amide bonds. The maximum atomic E-state index is 13.3. The second kappa shape index (κ2) is 17.7. The van der Waals surface area contributed by atoms with Gasteiger partial charge in [0.2, 0.25) is 23.6 Å². The minimum absolute atomic E-state index is 0.00814. The summed E-state index contributed by atoms with van der Waals surface area (Å²) >= 11 is 0. The zero-order valence-electron chi connectivity index (χ0n) is 25.7. The van der Waals surface area contributed by atoms with Crippen molar-refractivity contribution < 1.29 is 37.7 Å². The van der Waals surface area contributed by atoms with E-state index in [1.54, 1.807) is 41.5 Å². The zero-order valence-corrected chi connectivity index (χ0v) is 26.6. The molecule has 0 aliphatic carbocycles. The molecule has 0 fully saturated rings. The molecule has 0 saturated carbocycles. The van der Waals surface area contributed by atoms with Crippen LogP contribution < -0.4 is 10.6 Å². The van der Waals surface area contributed by atoms with Crippen LogP contribution in [0, 0.1) is 0 Å². The van der Waals surface area contributed by atoms with Crippen molar-refractivity contribution in [1.29, 1.82) is 0 Å². The average Bonchev–Trinajstić information content (AvgIpc) is 2.91. The van der Waals surface area contributed by atoms with E-state index < -0.39 is 36.7 Å². The van der Waals surface area contributed by atoms with Crippen LogP contribution in [0.2, 0.25) is 12.6 Å². The minimum Gasteiger partial charge on any atom is -0.352 e. The van der Waals surface area contributed by atoms with Crippen molar-refractivity contribution in [3.8, 4) is 0 Å². The maximum absolute atomic E-state index is 13.3. The molecule has 230 valence electrons. The van der Waals surface area contributed by atoms with Gasteiger partial charge < -0.3 is 25.3 Å². The van der Waals surface area contributed by atoms with Crippen LogP contribution in [-0.4, -0.2) is 104 Å². The molecule has 0 bridgehead atoms. The number of hydrogen-bond acceptors (Lipinski definition) is 7. The first kappa shape index (κ1) is 38.9. The van der Waals surface area contributed by atoms with Crippen molar-refractivity contribution in [1.82, 2.24) is 20.4 Å². The van der Waals surface area contributed by atoms with Gasteiger partial charge in [-0.3, -0.25) is 28.2 Å². The van der Waals surface area contributed by atoms with E-state index in [4.69, 9.17) is 20.2 Å². The third-order valence-corrected chi connectivity index (χ3v) is 8.18. The normalized spacial score (nSPS) is 14.5. The van der Waals surface area contributed by atoms with Crippen LogP contribution in [0.1, 0.15) is 67.2 Å². The number of amides is 4. The van der Waals surface area contributed by atoms with Crippen LogP contribution in [0.15, 0.2) is 12.2 Å². The Balaban J connectivity index is 5.98. The van der Waals surface area contributed by atoms with Crippen LogP contribution in [0.3, 0.4) is 0 Å². The highest BCUT2D eigenvalue weighted by molar-refractivity contribution is 7.47. The molecule has 0 aliphatic heterocycles. The average molecular weight is 596 g/mol. The summed E-state index contributed by atoms with van der Waals surface area (Å²) in [7, 11) is 7.95. The number of nitrogens with one attached hydrogen (secondary N) is 2. The number of phosphoric acid groups is 1. The quantitative estimate of drug-likeness (QED) is 0.109. The molecule has 0 aromatic rings. The molecule has 15 heteroatoms. The fraction of sp³-hybridized carbons (Fsp3) is 0.769. The Labute approximate surface area is 247 Å². The van der Waals surface area contributed by atoms with Gasteiger partial charge in [0.1, 0.15) is 0 Å². The summed E-state index contributed by atoms with van der Waals surface area (Å²) in [5, 5.41) is 5.64.